The second-order valence-electron chi connectivity index (χ2n) is 1.94. The maximum absolute atomic E-state index is 5.77. The van der Waals surface area contributed by atoms with Crippen LogP contribution in [0.4, 0.5) is 0 Å². The van der Waals surface area contributed by atoms with Crippen LogP contribution in [0.2, 0.25) is 10.0 Å². The molecule has 0 saturated heterocycles. The normalized spacial score (nSPS) is 10.7. The summed E-state index contributed by atoms with van der Waals surface area (Å²) in [6, 6.07) is 5.10. The zero-order chi connectivity index (χ0) is 8.27. The molecule has 58 valence electrons. The minimum atomic E-state index is 0.587. The van der Waals surface area contributed by atoms with Gasteiger partial charge in [-0.2, -0.15) is 5.10 Å². The zero-order valence-corrected chi connectivity index (χ0v) is 7.10. The van der Waals surface area contributed by atoms with Crippen molar-refractivity contribution >= 4 is 29.4 Å². The van der Waals surface area contributed by atoms with Crippen LogP contribution < -0.4 is 5.84 Å². The first-order valence-electron chi connectivity index (χ1n) is 2.92. The van der Waals surface area contributed by atoms with Crippen LogP contribution in [0.3, 0.4) is 0 Å². The van der Waals surface area contributed by atoms with Gasteiger partial charge in [0.15, 0.2) is 0 Å². The second kappa shape index (κ2) is 3.60. The first-order valence-corrected chi connectivity index (χ1v) is 3.68. The van der Waals surface area contributed by atoms with Crippen LogP contribution in [0.5, 0.6) is 0 Å². The van der Waals surface area contributed by atoms with Crippen LogP contribution in [0.15, 0.2) is 23.3 Å². The largest absolute Gasteiger partial charge is 0.323 e. The van der Waals surface area contributed by atoms with Gasteiger partial charge in [-0.15, -0.1) is 0 Å². The van der Waals surface area contributed by atoms with Crippen LogP contribution in [-0.2, 0) is 0 Å². The summed E-state index contributed by atoms with van der Waals surface area (Å²) in [7, 11) is 0. The summed E-state index contributed by atoms with van der Waals surface area (Å²) in [5.74, 6) is 4.95. The number of nitrogens with zero attached hydrogens (tertiary/aromatic N) is 1. The first-order chi connectivity index (χ1) is 5.24. The van der Waals surface area contributed by atoms with Crippen molar-refractivity contribution in [2.45, 2.75) is 0 Å². The summed E-state index contributed by atoms with van der Waals surface area (Å²) in [5.41, 5.74) is 0.724. The summed E-state index contributed by atoms with van der Waals surface area (Å²) in [4.78, 5) is 0. The van der Waals surface area contributed by atoms with E-state index in [1.54, 1.807) is 18.2 Å². The Morgan fingerprint density at radius 3 is 2.73 bits per heavy atom. The lowest BCUT2D eigenvalue weighted by Crippen LogP contribution is -1.87. The van der Waals surface area contributed by atoms with Gasteiger partial charge < -0.3 is 5.84 Å². The molecule has 0 spiro atoms. The standard InChI is InChI=1S/C7H6Cl2N2/c8-6-1-2-7(9)5(3-6)4-11-10/h1-4H,10H2. The van der Waals surface area contributed by atoms with E-state index in [1.165, 1.54) is 6.21 Å². The molecule has 0 aliphatic carbocycles. The van der Waals surface area contributed by atoms with Crippen molar-refractivity contribution in [3.8, 4) is 0 Å². The number of halogens is 2. The van der Waals surface area contributed by atoms with Gasteiger partial charge in [-0.05, 0) is 18.2 Å². The Balaban J connectivity index is 3.12. The van der Waals surface area contributed by atoms with E-state index in [0.29, 0.717) is 10.0 Å². The molecule has 0 radical (unpaired) electrons. The quantitative estimate of drug-likeness (QED) is 0.410. The molecule has 2 N–H and O–H groups in total. The van der Waals surface area contributed by atoms with E-state index in [-0.39, 0.29) is 0 Å². The molecule has 0 aliphatic rings. The molecule has 1 aromatic rings. The number of hydrogen-bond acceptors (Lipinski definition) is 2. The molecule has 0 saturated carbocycles. The van der Waals surface area contributed by atoms with E-state index in [1.807, 2.05) is 0 Å². The van der Waals surface area contributed by atoms with Crippen molar-refractivity contribution in [1.82, 2.24) is 0 Å². The summed E-state index contributed by atoms with van der Waals surface area (Å²) >= 11 is 11.5. The maximum Gasteiger partial charge on any atom is 0.0553 e. The fourth-order valence-electron chi connectivity index (χ4n) is 0.694. The molecule has 0 fully saturated rings. The molecule has 0 aliphatic heterocycles. The predicted molar refractivity (Wildman–Crippen MR) is 48.2 cm³/mol. The molecule has 0 unspecified atom stereocenters. The number of rotatable bonds is 1. The van der Waals surface area contributed by atoms with E-state index < -0.39 is 0 Å². The second-order valence-corrected chi connectivity index (χ2v) is 2.79. The van der Waals surface area contributed by atoms with Gasteiger partial charge in [0.2, 0.25) is 0 Å². The number of hydrazone groups is 1. The average molecular weight is 189 g/mol. The van der Waals surface area contributed by atoms with Gasteiger partial charge in [-0.3, -0.25) is 0 Å². The van der Waals surface area contributed by atoms with Crippen molar-refractivity contribution in [2.75, 3.05) is 0 Å². The highest BCUT2D eigenvalue weighted by atomic mass is 35.5. The lowest BCUT2D eigenvalue weighted by Gasteiger charge is -1.96. The number of hydrogen-bond donors (Lipinski definition) is 1. The molecule has 1 aromatic carbocycles. The summed E-state index contributed by atoms with van der Waals surface area (Å²) in [5, 5.41) is 4.54. The van der Waals surface area contributed by atoms with E-state index in [2.05, 4.69) is 5.10 Å². The van der Waals surface area contributed by atoms with Crippen molar-refractivity contribution in [3.05, 3.63) is 33.8 Å². The molecular weight excluding hydrogens is 183 g/mol. The molecule has 0 heterocycles. The highest BCUT2D eigenvalue weighted by molar-refractivity contribution is 6.35. The van der Waals surface area contributed by atoms with Crippen LogP contribution in [-0.4, -0.2) is 6.21 Å². The van der Waals surface area contributed by atoms with Gasteiger partial charge in [0.1, 0.15) is 0 Å². The van der Waals surface area contributed by atoms with Crippen LogP contribution in [0.25, 0.3) is 0 Å². The van der Waals surface area contributed by atoms with Gasteiger partial charge in [0, 0.05) is 15.6 Å². The monoisotopic (exact) mass is 188 g/mol. The van der Waals surface area contributed by atoms with E-state index >= 15 is 0 Å². The Morgan fingerprint density at radius 2 is 2.09 bits per heavy atom. The van der Waals surface area contributed by atoms with Crippen LogP contribution in [0, 0.1) is 0 Å². The van der Waals surface area contributed by atoms with E-state index in [0.717, 1.165) is 5.56 Å². The van der Waals surface area contributed by atoms with Gasteiger partial charge in [-0.1, -0.05) is 23.2 Å². The summed E-state index contributed by atoms with van der Waals surface area (Å²) < 4.78 is 0. The summed E-state index contributed by atoms with van der Waals surface area (Å²) in [6.07, 6.45) is 1.45. The Labute approximate surface area is 74.6 Å². The Kier molecular flexibility index (Phi) is 2.74. The van der Waals surface area contributed by atoms with Crippen molar-refractivity contribution < 1.29 is 0 Å². The number of nitrogens with two attached hydrogens (primary N) is 1. The fraction of sp³-hybridized carbons (Fsp3) is 0. The van der Waals surface area contributed by atoms with Crippen LogP contribution >= 0.6 is 23.2 Å². The van der Waals surface area contributed by atoms with Gasteiger partial charge >= 0.3 is 0 Å². The molecule has 0 amide bonds. The predicted octanol–water partition coefficient (Wildman–Crippen LogP) is 2.29. The van der Waals surface area contributed by atoms with Crippen LogP contribution in [0.1, 0.15) is 5.56 Å². The molecule has 2 nitrogen and oxygen atoms in total. The maximum atomic E-state index is 5.77. The van der Waals surface area contributed by atoms with E-state index in [4.69, 9.17) is 29.0 Å². The van der Waals surface area contributed by atoms with Crippen molar-refractivity contribution in [2.24, 2.45) is 10.9 Å². The lowest BCUT2D eigenvalue weighted by molar-refractivity contribution is 1.26. The van der Waals surface area contributed by atoms with Gasteiger partial charge in [0.25, 0.3) is 0 Å². The van der Waals surface area contributed by atoms with Gasteiger partial charge in [-0.25, -0.2) is 0 Å². The van der Waals surface area contributed by atoms with Gasteiger partial charge in [0.05, 0.1) is 6.21 Å². The molecular formula is C7H6Cl2N2. The zero-order valence-electron chi connectivity index (χ0n) is 5.59. The molecule has 4 heteroatoms. The smallest absolute Gasteiger partial charge is 0.0553 e. The van der Waals surface area contributed by atoms with Crippen molar-refractivity contribution in [1.29, 1.82) is 0 Å². The Morgan fingerprint density at radius 1 is 1.36 bits per heavy atom. The minimum Gasteiger partial charge on any atom is -0.323 e. The molecule has 0 aromatic heterocycles. The minimum absolute atomic E-state index is 0.587. The summed E-state index contributed by atoms with van der Waals surface area (Å²) in [6.45, 7) is 0. The molecule has 0 atom stereocenters. The highest BCUT2D eigenvalue weighted by Gasteiger charge is 1.96. The lowest BCUT2D eigenvalue weighted by atomic mass is 10.2. The first kappa shape index (κ1) is 8.37. The third-order valence-electron chi connectivity index (χ3n) is 1.17. The Bertz CT molecular complexity index is 284. The third kappa shape index (κ3) is 2.10. The highest BCUT2D eigenvalue weighted by Crippen LogP contribution is 2.18. The molecule has 11 heavy (non-hydrogen) atoms. The molecule has 0 bridgehead atoms. The average Bonchev–Trinajstić information content (AvgIpc) is 1.98. The topological polar surface area (TPSA) is 38.4 Å². The SMILES string of the molecule is NN=Cc1cc(Cl)ccc1Cl. The van der Waals surface area contributed by atoms with E-state index in [9.17, 15) is 0 Å². The fourth-order valence-corrected chi connectivity index (χ4v) is 1.04. The Hall–Kier alpha value is -0.730. The van der Waals surface area contributed by atoms with Crippen molar-refractivity contribution in [3.63, 3.8) is 0 Å². The number of benzene rings is 1. The third-order valence-corrected chi connectivity index (χ3v) is 1.75. The molecule has 1 rings (SSSR count).